The summed E-state index contributed by atoms with van der Waals surface area (Å²) in [6, 6.07) is 0. The average molecular weight is 256 g/mol. The van der Waals surface area contributed by atoms with Gasteiger partial charge in [0.05, 0.1) is 5.75 Å². The number of carbonyl (C=O) groups excluding carboxylic acids is 2. The van der Waals surface area contributed by atoms with Crippen molar-refractivity contribution < 1.29 is 91.9 Å². The molecule has 1 N–H and O–H groups in total. The van der Waals surface area contributed by atoms with Crippen molar-refractivity contribution in [3.63, 3.8) is 0 Å². The Morgan fingerprint density at radius 3 is 1.80 bits per heavy atom. The summed E-state index contributed by atoms with van der Waals surface area (Å²) < 4.78 is 28.6. The Bertz CT molecular complexity index is 311. The van der Waals surface area contributed by atoms with Gasteiger partial charge < -0.3 is 19.8 Å². The van der Waals surface area contributed by atoms with Gasteiger partial charge >= 0.3 is 59.1 Å². The zero-order valence-corrected chi connectivity index (χ0v) is 13.1. The number of hydrogen-bond donors (Lipinski definition) is 1. The molecule has 1 unspecified atom stereocenters. The van der Waals surface area contributed by atoms with E-state index in [1.807, 2.05) is 0 Å². The van der Waals surface area contributed by atoms with E-state index in [-0.39, 0.29) is 59.1 Å². The van der Waals surface area contributed by atoms with Crippen LogP contribution in [0.3, 0.4) is 0 Å². The van der Waals surface area contributed by atoms with Gasteiger partial charge in [-0.3, -0.25) is 4.55 Å². The predicted octanol–water partition coefficient (Wildman–Crippen LogP) is -9.61. The molecule has 0 aliphatic carbocycles. The molecule has 0 aliphatic heterocycles. The molecule has 10 heteroatoms. The minimum absolute atomic E-state index is 0. The monoisotopic (exact) mass is 256 g/mol. The van der Waals surface area contributed by atoms with E-state index < -0.39 is 40.1 Å². The van der Waals surface area contributed by atoms with Crippen LogP contribution < -0.4 is 69.3 Å². The number of carboxylic acid groups (broad SMARTS) is 2. The molecular formula is C5H6Na2O7S. The van der Waals surface area contributed by atoms with Crippen LogP contribution in [0.1, 0.15) is 6.42 Å². The van der Waals surface area contributed by atoms with Crippen molar-refractivity contribution in [2.45, 2.75) is 6.42 Å². The molecular weight excluding hydrogens is 250 g/mol. The van der Waals surface area contributed by atoms with Crippen molar-refractivity contribution >= 4 is 22.1 Å². The predicted molar refractivity (Wildman–Crippen MR) is 34.5 cm³/mol. The van der Waals surface area contributed by atoms with Crippen molar-refractivity contribution in [2.75, 3.05) is 5.75 Å². The molecule has 0 bridgehead atoms. The molecule has 0 fully saturated rings. The second kappa shape index (κ2) is 8.94. The molecule has 15 heavy (non-hydrogen) atoms. The molecule has 0 radical (unpaired) electrons. The van der Waals surface area contributed by atoms with Gasteiger partial charge in [0.2, 0.25) is 0 Å². The number of carboxylic acids is 2. The SMILES string of the molecule is O=C([O-])CC(CS(=O)(=O)O)C(=O)[O-].[Na+].[Na+]. The molecule has 0 aliphatic rings. The Labute approximate surface area is 131 Å². The van der Waals surface area contributed by atoms with Crippen LogP contribution in [0.25, 0.3) is 0 Å². The van der Waals surface area contributed by atoms with Crippen molar-refractivity contribution in [1.82, 2.24) is 0 Å². The Kier molecular flexibility index (Phi) is 12.6. The first kappa shape index (κ1) is 21.2. The van der Waals surface area contributed by atoms with Crippen LogP contribution in [0.5, 0.6) is 0 Å². The smallest absolute Gasteiger partial charge is 0.550 e. The Hall–Kier alpha value is 0.850. The quantitative estimate of drug-likeness (QED) is 0.381. The standard InChI is InChI=1S/C5H8O7S.2Na/c6-4(7)1-3(5(8)9)2-13(10,11)12;;/h3H,1-2H2,(H,6,7)(H,8,9)(H,10,11,12);;/q;2*+1/p-2. The minimum atomic E-state index is -4.53. The fourth-order valence-corrected chi connectivity index (χ4v) is 1.43. The molecule has 0 aromatic carbocycles. The van der Waals surface area contributed by atoms with Gasteiger partial charge in [-0.2, -0.15) is 8.42 Å². The maximum Gasteiger partial charge on any atom is 1.00 e. The normalized spacial score (nSPS) is 11.8. The molecule has 0 aromatic heterocycles. The summed E-state index contributed by atoms with van der Waals surface area (Å²) in [6.07, 6.45) is -1.01. The third-order valence-corrected chi connectivity index (χ3v) is 1.98. The van der Waals surface area contributed by atoms with Crippen molar-refractivity contribution in [3.05, 3.63) is 0 Å². The summed E-state index contributed by atoms with van der Waals surface area (Å²) in [7, 11) is -4.53. The summed E-state index contributed by atoms with van der Waals surface area (Å²) >= 11 is 0. The van der Waals surface area contributed by atoms with Crippen LogP contribution in [0, 0.1) is 5.92 Å². The molecule has 0 spiro atoms. The molecule has 76 valence electrons. The summed E-state index contributed by atoms with van der Waals surface area (Å²) in [5, 5.41) is 20.1. The van der Waals surface area contributed by atoms with Crippen LogP contribution in [0.2, 0.25) is 0 Å². The second-order valence-electron chi connectivity index (χ2n) is 2.34. The van der Waals surface area contributed by atoms with E-state index in [0.717, 1.165) is 0 Å². The fraction of sp³-hybridized carbons (Fsp3) is 0.600. The molecule has 7 nitrogen and oxygen atoms in total. The largest absolute Gasteiger partial charge is 1.00 e. The first-order chi connectivity index (χ1) is 5.72. The van der Waals surface area contributed by atoms with E-state index in [0.29, 0.717) is 0 Å². The molecule has 0 amide bonds. The fourth-order valence-electron chi connectivity index (χ4n) is 0.666. The topological polar surface area (TPSA) is 135 Å². The number of aliphatic carboxylic acids is 2. The summed E-state index contributed by atoms with van der Waals surface area (Å²) in [6.45, 7) is 0. The van der Waals surface area contributed by atoms with Gasteiger partial charge in [0.25, 0.3) is 10.1 Å². The molecule has 0 aromatic rings. The van der Waals surface area contributed by atoms with Gasteiger partial charge in [0, 0.05) is 17.9 Å². The zero-order chi connectivity index (χ0) is 10.6. The summed E-state index contributed by atoms with van der Waals surface area (Å²) in [5.41, 5.74) is 0. The van der Waals surface area contributed by atoms with Crippen LogP contribution in [0.15, 0.2) is 0 Å². The van der Waals surface area contributed by atoms with E-state index in [9.17, 15) is 28.2 Å². The van der Waals surface area contributed by atoms with Crippen LogP contribution >= 0.6 is 0 Å². The third-order valence-electron chi connectivity index (χ3n) is 1.16. The molecule has 1 atom stereocenters. The van der Waals surface area contributed by atoms with Gasteiger partial charge in [0.1, 0.15) is 0 Å². The molecule has 0 saturated carbocycles. The van der Waals surface area contributed by atoms with E-state index in [1.165, 1.54) is 0 Å². The van der Waals surface area contributed by atoms with E-state index in [4.69, 9.17) is 4.55 Å². The maximum atomic E-state index is 10.2. The van der Waals surface area contributed by atoms with Crippen LogP contribution in [0.4, 0.5) is 0 Å². The number of carbonyl (C=O) groups is 2. The second-order valence-corrected chi connectivity index (χ2v) is 3.84. The van der Waals surface area contributed by atoms with Crippen molar-refractivity contribution in [2.24, 2.45) is 5.92 Å². The van der Waals surface area contributed by atoms with Gasteiger partial charge in [-0.1, -0.05) is 0 Å². The van der Waals surface area contributed by atoms with E-state index in [2.05, 4.69) is 0 Å². The van der Waals surface area contributed by atoms with Gasteiger partial charge in [0.15, 0.2) is 0 Å². The molecule has 0 heterocycles. The Morgan fingerprint density at radius 2 is 1.60 bits per heavy atom. The summed E-state index contributed by atoms with van der Waals surface area (Å²) in [4.78, 5) is 20.1. The number of rotatable bonds is 5. The van der Waals surface area contributed by atoms with Crippen LogP contribution in [-0.2, 0) is 19.7 Å². The van der Waals surface area contributed by atoms with Gasteiger partial charge in [-0.05, 0) is 6.42 Å². The Balaban J connectivity index is -0.000000720. The molecule has 0 rings (SSSR count). The van der Waals surface area contributed by atoms with Crippen LogP contribution in [-0.4, -0.2) is 30.7 Å². The third kappa shape index (κ3) is 12.8. The zero-order valence-electron chi connectivity index (χ0n) is 8.30. The van der Waals surface area contributed by atoms with E-state index in [1.54, 1.807) is 0 Å². The Morgan fingerprint density at radius 1 is 1.20 bits per heavy atom. The molecule has 0 saturated heterocycles. The van der Waals surface area contributed by atoms with E-state index >= 15 is 0 Å². The first-order valence-electron chi connectivity index (χ1n) is 3.08. The number of hydrogen-bond acceptors (Lipinski definition) is 6. The van der Waals surface area contributed by atoms with Crippen molar-refractivity contribution in [3.8, 4) is 0 Å². The average Bonchev–Trinajstić information content (AvgIpc) is 1.81. The maximum absolute atomic E-state index is 10.2. The first-order valence-corrected chi connectivity index (χ1v) is 4.69. The van der Waals surface area contributed by atoms with Gasteiger partial charge in [-0.25, -0.2) is 0 Å². The van der Waals surface area contributed by atoms with Crippen molar-refractivity contribution in [1.29, 1.82) is 0 Å². The van der Waals surface area contributed by atoms with Gasteiger partial charge in [-0.15, -0.1) is 0 Å². The summed E-state index contributed by atoms with van der Waals surface area (Å²) in [5.74, 6) is -6.57. The minimum Gasteiger partial charge on any atom is -0.550 e.